The molecule has 0 aromatic heterocycles. The summed E-state index contributed by atoms with van der Waals surface area (Å²) in [5, 5.41) is 0. The molecule has 0 amide bonds. The summed E-state index contributed by atoms with van der Waals surface area (Å²) < 4.78 is 5.21. The summed E-state index contributed by atoms with van der Waals surface area (Å²) in [5.41, 5.74) is 0.775. The van der Waals surface area contributed by atoms with Crippen LogP contribution in [0.3, 0.4) is 0 Å². The standard InChI is InChI=1S/C10H10O2S/c1-10(12-2)9(11)7-5-3-4-6-8(7)13-10/h3-6H,1-2H3. The van der Waals surface area contributed by atoms with Crippen LogP contribution in [0.1, 0.15) is 17.3 Å². The lowest BCUT2D eigenvalue weighted by atomic mass is 10.1. The lowest BCUT2D eigenvalue weighted by molar-refractivity contribution is 0.0559. The first kappa shape index (κ1) is 8.78. The molecule has 2 nitrogen and oxygen atoms in total. The number of ketones is 1. The Balaban J connectivity index is 2.50. The molecule has 1 aliphatic rings. The first-order valence-corrected chi connectivity index (χ1v) is 4.87. The first-order valence-electron chi connectivity index (χ1n) is 4.05. The predicted octanol–water partition coefficient (Wildman–Crippen LogP) is 2.34. The lowest BCUT2D eigenvalue weighted by Crippen LogP contribution is -2.29. The highest BCUT2D eigenvalue weighted by molar-refractivity contribution is 8.01. The van der Waals surface area contributed by atoms with Crippen LogP contribution in [0, 0.1) is 0 Å². The molecular formula is C10H10O2S. The zero-order chi connectivity index (χ0) is 9.47. The third-order valence-electron chi connectivity index (χ3n) is 2.24. The van der Waals surface area contributed by atoms with Crippen LogP contribution >= 0.6 is 11.8 Å². The number of rotatable bonds is 1. The van der Waals surface area contributed by atoms with Gasteiger partial charge in [0.15, 0.2) is 4.93 Å². The van der Waals surface area contributed by atoms with E-state index in [1.807, 2.05) is 24.3 Å². The van der Waals surface area contributed by atoms with Gasteiger partial charge in [0.05, 0.1) is 0 Å². The number of hydrogen-bond acceptors (Lipinski definition) is 3. The van der Waals surface area contributed by atoms with Gasteiger partial charge < -0.3 is 4.74 Å². The van der Waals surface area contributed by atoms with E-state index in [9.17, 15) is 4.79 Å². The lowest BCUT2D eigenvalue weighted by Gasteiger charge is -2.17. The summed E-state index contributed by atoms with van der Waals surface area (Å²) >= 11 is 1.47. The van der Waals surface area contributed by atoms with Crippen LogP contribution in [0.5, 0.6) is 0 Å². The Morgan fingerprint density at radius 1 is 1.38 bits per heavy atom. The van der Waals surface area contributed by atoms with Gasteiger partial charge in [-0.2, -0.15) is 0 Å². The van der Waals surface area contributed by atoms with Crippen LogP contribution in [-0.2, 0) is 4.74 Å². The van der Waals surface area contributed by atoms with Crippen molar-refractivity contribution in [3.63, 3.8) is 0 Å². The number of thioether (sulfide) groups is 1. The van der Waals surface area contributed by atoms with Gasteiger partial charge in [0.2, 0.25) is 5.78 Å². The number of ether oxygens (including phenoxy) is 1. The molecule has 1 heterocycles. The van der Waals surface area contributed by atoms with E-state index in [4.69, 9.17) is 4.74 Å². The van der Waals surface area contributed by atoms with Crippen molar-refractivity contribution < 1.29 is 9.53 Å². The Morgan fingerprint density at radius 2 is 2.08 bits per heavy atom. The highest BCUT2D eigenvalue weighted by Crippen LogP contribution is 2.44. The van der Waals surface area contributed by atoms with Crippen molar-refractivity contribution in [3.8, 4) is 0 Å². The second-order valence-electron chi connectivity index (χ2n) is 3.08. The number of fused-ring (bicyclic) bond motifs is 1. The summed E-state index contributed by atoms with van der Waals surface area (Å²) in [4.78, 5) is 12.1. The average molecular weight is 194 g/mol. The zero-order valence-corrected chi connectivity index (χ0v) is 8.35. The fourth-order valence-corrected chi connectivity index (χ4v) is 2.50. The van der Waals surface area contributed by atoms with E-state index >= 15 is 0 Å². The smallest absolute Gasteiger partial charge is 0.206 e. The van der Waals surface area contributed by atoms with Crippen molar-refractivity contribution in [2.75, 3.05) is 7.11 Å². The molecule has 0 radical (unpaired) electrons. The Kier molecular flexibility index (Phi) is 1.93. The third kappa shape index (κ3) is 1.19. The van der Waals surface area contributed by atoms with E-state index < -0.39 is 4.93 Å². The van der Waals surface area contributed by atoms with E-state index in [2.05, 4.69) is 0 Å². The largest absolute Gasteiger partial charge is 0.360 e. The van der Waals surface area contributed by atoms with Gasteiger partial charge in [-0.1, -0.05) is 30.0 Å². The van der Waals surface area contributed by atoms with Crippen molar-refractivity contribution in [2.45, 2.75) is 16.8 Å². The van der Waals surface area contributed by atoms with Crippen LogP contribution in [-0.4, -0.2) is 17.8 Å². The summed E-state index contributed by atoms with van der Waals surface area (Å²) in [7, 11) is 1.57. The SMILES string of the molecule is COC1(C)Sc2ccccc2C1=O. The Bertz CT molecular complexity index is 362. The van der Waals surface area contributed by atoms with Crippen molar-refractivity contribution in [2.24, 2.45) is 0 Å². The molecule has 2 rings (SSSR count). The zero-order valence-electron chi connectivity index (χ0n) is 7.53. The van der Waals surface area contributed by atoms with E-state index in [0.717, 1.165) is 10.5 Å². The fraction of sp³-hybridized carbons (Fsp3) is 0.300. The van der Waals surface area contributed by atoms with E-state index in [1.54, 1.807) is 14.0 Å². The normalized spacial score (nSPS) is 26.2. The van der Waals surface area contributed by atoms with Gasteiger partial charge in [-0.05, 0) is 13.0 Å². The highest BCUT2D eigenvalue weighted by Gasteiger charge is 2.42. The number of Topliss-reactive ketones (excluding diaryl/α,β-unsaturated/α-hetero) is 1. The topological polar surface area (TPSA) is 26.3 Å². The second kappa shape index (κ2) is 2.86. The molecular weight excluding hydrogens is 184 g/mol. The van der Waals surface area contributed by atoms with E-state index in [1.165, 1.54) is 11.8 Å². The van der Waals surface area contributed by atoms with Crippen molar-refractivity contribution >= 4 is 17.5 Å². The summed E-state index contributed by atoms with van der Waals surface area (Å²) in [6.45, 7) is 1.81. The molecule has 1 atom stereocenters. The summed E-state index contributed by atoms with van der Waals surface area (Å²) in [6.07, 6.45) is 0. The van der Waals surface area contributed by atoms with Gasteiger partial charge in [-0.25, -0.2) is 0 Å². The van der Waals surface area contributed by atoms with Crippen LogP contribution in [0.4, 0.5) is 0 Å². The van der Waals surface area contributed by atoms with Gasteiger partial charge in [-0.3, -0.25) is 4.79 Å². The molecule has 0 N–H and O–H groups in total. The van der Waals surface area contributed by atoms with Crippen molar-refractivity contribution in [1.82, 2.24) is 0 Å². The average Bonchev–Trinajstić information content (AvgIpc) is 2.41. The molecule has 1 aliphatic heterocycles. The molecule has 1 unspecified atom stereocenters. The van der Waals surface area contributed by atoms with Crippen LogP contribution in [0.2, 0.25) is 0 Å². The minimum atomic E-state index is -0.719. The number of methoxy groups -OCH3 is 1. The maximum Gasteiger partial charge on any atom is 0.206 e. The van der Waals surface area contributed by atoms with E-state index in [0.29, 0.717) is 0 Å². The molecule has 1 aromatic carbocycles. The number of carbonyl (C=O) groups excluding carboxylic acids is 1. The van der Waals surface area contributed by atoms with Gasteiger partial charge in [0.25, 0.3) is 0 Å². The molecule has 3 heteroatoms. The summed E-state index contributed by atoms with van der Waals surface area (Å²) in [5.74, 6) is 0.0654. The van der Waals surface area contributed by atoms with Crippen LogP contribution < -0.4 is 0 Å². The van der Waals surface area contributed by atoms with Crippen LogP contribution in [0.15, 0.2) is 29.2 Å². The Hall–Kier alpha value is -0.800. The molecule has 0 saturated heterocycles. The minimum absolute atomic E-state index is 0.0654. The van der Waals surface area contributed by atoms with Gasteiger partial charge in [-0.15, -0.1) is 0 Å². The quantitative estimate of drug-likeness (QED) is 0.686. The number of benzene rings is 1. The van der Waals surface area contributed by atoms with Gasteiger partial charge in [0.1, 0.15) is 0 Å². The molecule has 68 valence electrons. The molecule has 13 heavy (non-hydrogen) atoms. The molecule has 0 spiro atoms. The first-order chi connectivity index (χ1) is 6.17. The molecule has 1 aromatic rings. The monoisotopic (exact) mass is 194 g/mol. The van der Waals surface area contributed by atoms with Crippen LogP contribution in [0.25, 0.3) is 0 Å². The third-order valence-corrected chi connectivity index (χ3v) is 3.56. The molecule has 0 aliphatic carbocycles. The molecule has 0 bridgehead atoms. The fourth-order valence-electron chi connectivity index (χ4n) is 1.38. The maximum atomic E-state index is 11.8. The number of hydrogen-bond donors (Lipinski definition) is 0. The summed E-state index contributed by atoms with van der Waals surface area (Å²) in [6, 6.07) is 7.59. The Morgan fingerprint density at radius 3 is 2.69 bits per heavy atom. The van der Waals surface area contributed by atoms with Gasteiger partial charge in [0, 0.05) is 17.6 Å². The van der Waals surface area contributed by atoms with Crippen molar-refractivity contribution in [1.29, 1.82) is 0 Å². The minimum Gasteiger partial charge on any atom is -0.360 e. The maximum absolute atomic E-state index is 11.8. The van der Waals surface area contributed by atoms with Crippen molar-refractivity contribution in [3.05, 3.63) is 29.8 Å². The molecule has 0 saturated carbocycles. The highest BCUT2D eigenvalue weighted by atomic mass is 32.2. The van der Waals surface area contributed by atoms with E-state index in [-0.39, 0.29) is 5.78 Å². The predicted molar refractivity (Wildman–Crippen MR) is 52.0 cm³/mol. The number of carbonyl (C=O) groups is 1. The second-order valence-corrected chi connectivity index (χ2v) is 4.50. The molecule has 0 fully saturated rings. The Labute approximate surface area is 81.3 Å². The van der Waals surface area contributed by atoms with Gasteiger partial charge >= 0.3 is 0 Å².